The highest BCUT2D eigenvalue weighted by atomic mass is 127. The molecular formula is C22H37IN4O3. The molecule has 1 unspecified atom stereocenters. The number of halogens is 1. The second-order valence-corrected chi connectivity index (χ2v) is 7.65. The van der Waals surface area contributed by atoms with Gasteiger partial charge in [0.05, 0.1) is 12.6 Å². The van der Waals surface area contributed by atoms with Gasteiger partial charge in [0.2, 0.25) is 5.91 Å². The van der Waals surface area contributed by atoms with Crippen molar-refractivity contribution in [1.82, 2.24) is 16.0 Å². The van der Waals surface area contributed by atoms with Crippen molar-refractivity contribution < 1.29 is 14.3 Å². The van der Waals surface area contributed by atoms with Gasteiger partial charge < -0.3 is 25.4 Å². The standard InChI is InChI=1S/C22H36N4O3.HI/c1-5-23-22(24-11-10-21(27)26-16(2)3)25-14-18-9-8-17(4)13-20(18)29-15-19-7-6-12-28-19;/h8-9,13,16,19H,5-7,10-12,14-15H2,1-4H3,(H,26,27)(H2,23,24,25);1H. The number of nitrogens with one attached hydrogen (secondary N) is 3. The van der Waals surface area contributed by atoms with Gasteiger partial charge in [-0.15, -0.1) is 24.0 Å². The predicted molar refractivity (Wildman–Crippen MR) is 132 cm³/mol. The molecule has 1 heterocycles. The van der Waals surface area contributed by atoms with Crippen molar-refractivity contribution in [2.75, 3.05) is 26.3 Å². The van der Waals surface area contributed by atoms with Crippen LogP contribution in [-0.2, 0) is 16.1 Å². The number of hydrogen-bond donors (Lipinski definition) is 3. The lowest BCUT2D eigenvalue weighted by Gasteiger charge is -2.16. The quantitative estimate of drug-likeness (QED) is 0.245. The first-order valence-corrected chi connectivity index (χ1v) is 10.6. The summed E-state index contributed by atoms with van der Waals surface area (Å²) in [6.07, 6.45) is 2.75. The summed E-state index contributed by atoms with van der Waals surface area (Å²) in [5.74, 6) is 1.58. The van der Waals surface area contributed by atoms with E-state index in [9.17, 15) is 4.79 Å². The van der Waals surface area contributed by atoms with E-state index in [1.54, 1.807) is 0 Å². The Morgan fingerprint density at radius 3 is 2.80 bits per heavy atom. The zero-order valence-electron chi connectivity index (χ0n) is 18.6. The van der Waals surface area contributed by atoms with Crippen molar-refractivity contribution in [3.8, 4) is 5.75 Å². The van der Waals surface area contributed by atoms with Gasteiger partial charge in [-0.2, -0.15) is 0 Å². The molecule has 7 nitrogen and oxygen atoms in total. The number of carbonyl (C=O) groups is 1. The lowest BCUT2D eigenvalue weighted by atomic mass is 10.1. The fourth-order valence-corrected chi connectivity index (χ4v) is 3.08. The number of hydrogen-bond acceptors (Lipinski definition) is 4. The number of guanidine groups is 1. The molecule has 1 fully saturated rings. The molecule has 0 spiro atoms. The molecule has 8 heteroatoms. The van der Waals surface area contributed by atoms with Crippen molar-refractivity contribution in [1.29, 1.82) is 0 Å². The van der Waals surface area contributed by atoms with Crippen molar-refractivity contribution >= 4 is 35.8 Å². The fraction of sp³-hybridized carbons (Fsp3) is 0.636. The Hall–Kier alpha value is -1.55. The van der Waals surface area contributed by atoms with Crippen LogP contribution < -0.4 is 20.7 Å². The summed E-state index contributed by atoms with van der Waals surface area (Å²) in [5.41, 5.74) is 2.18. The number of carbonyl (C=O) groups excluding carboxylic acids is 1. The second kappa shape index (κ2) is 14.5. The molecule has 1 aromatic carbocycles. The van der Waals surface area contributed by atoms with Crippen LogP contribution in [0.2, 0.25) is 0 Å². The number of aliphatic imine (C=N–C) groups is 1. The molecule has 2 rings (SSSR count). The van der Waals surface area contributed by atoms with Gasteiger partial charge >= 0.3 is 0 Å². The largest absolute Gasteiger partial charge is 0.491 e. The summed E-state index contributed by atoms with van der Waals surface area (Å²) in [7, 11) is 0. The number of amides is 1. The van der Waals surface area contributed by atoms with Crippen LogP contribution in [0.25, 0.3) is 0 Å². The molecule has 3 N–H and O–H groups in total. The Balaban J connectivity index is 0.00000450. The summed E-state index contributed by atoms with van der Waals surface area (Å²) in [5, 5.41) is 9.33. The maximum Gasteiger partial charge on any atom is 0.221 e. The molecule has 170 valence electrons. The number of aryl methyl sites for hydroxylation is 1. The fourth-order valence-electron chi connectivity index (χ4n) is 3.08. The molecule has 0 bridgehead atoms. The van der Waals surface area contributed by atoms with E-state index < -0.39 is 0 Å². The number of rotatable bonds is 10. The minimum absolute atomic E-state index is 0. The highest BCUT2D eigenvalue weighted by molar-refractivity contribution is 14.0. The van der Waals surface area contributed by atoms with Crippen LogP contribution in [0.15, 0.2) is 23.2 Å². The first-order valence-electron chi connectivity index (χ1n) is 10.6. The molecule has 0 saturated carbocycles. The van der Waals surface area contributed by atoms with Gasteiger partial charge in [-0.05, 0) is 52.2 Å². The van der Waals surface area contributed by atoms with Gasteiger partial charge in [0, 0.05) is 37.7 Å². The molecule has 1 aliphatic heterocycles. The maximum atomic E-state index is 11.8. The van der Waals surface area contributed by atoms with Crippen molar-refractivity contribution in [3.05, 3.63) is 29.3 Å². The van der Waals surface area contributed by atoms with E-state index in [-0.39, 0.29) is 42.0 Å². The Kier molecular flexibility index (Phi) is 12.8. The van der Waals surface area contributed by atoms with Crippen LogP contribution in [0, 0.1) is 6.92 Å². The van der Waals surface area contributed by atoms with Crippen LogP contribution in [0.1, 0.15) is 51.2 Å². The van der Waals surface area contributed by atoms with Crippen LogP contribution in [-0.4, -0.2) is 50.3 Å². The van der Waals surface area contributed by atoms with Gasteiger partial charge in [-0.25, -0.2) is 4.99 Å². The number of benzene rings is 1. The first kappa shape index (κ1) is 26.5. The van der Waals surface area contributed by atoms with E-state index in [2.05, 4.69) is 46.1 Å². The lowest BCUT2D eigenvalue weighted by molar-refractivity contribution is -0.121. The minimum atomic E-state index is 0. The topological polar surface area (TPSA) is 84.0 Å². The lowest BCUT2D eigenvalue weighted by Crippen LogP contribution is -2.40. The van der Waals surface area contributed by atoms with Gasteiger partial charge in [0.1, 0.15) is 12.4 Å². The Morgan fingerprint density at radius 2 is 2.13 bits per heavy atom. The highest BCUT2D eigenvalue weighted by Gasteiger charge is 2.17. The SMILES string of the molecule is CCNC(=NCc1ccc(C)cc1OCC1CCCO1)NCCC(=O)NC(C)C.I. The van der Waals surface area contributed by atoms with Gasteiger partial charge in [0.25, 0.3) is 0 Å². The third-order valence-corrected chi connectivity index (χ3v) is 4.52. The summed E-state index contributed by atoms with van der Waals surface area (Å²) in [6.45, 7) is 11.2. The minimum Gasteiger partial charge on any atom is -0.491 e. The molecule has 1 aromatic rings. The zero-order valence-corrected chi connectivity index (χ0v) is 21.0. The summed E-state index contributed by atoms with van der Waals surface area (Å²) >= 11 is 0. The van der Waals surface area contributed by atoms with E-state index in [1.807, 2.05) is 20.8 Å². The van der Waals surface area contributed by atoms with Crippen LogP contribution in [0.4, 0.5) is 0 Å². The molecule has 1 amide bonds. The van der Waals surface area contributed by atoms with Crippen molar-refractivity contribution in [3.63, 3.8) is 0 Å². The predicted octanol–water partition coefficient (Wildman–Crippen LogP) is 3.14. The second-order valence-electron chi connectivity index (χ2n) is 7.65. The molecule has 1 aliphatic rings. The highest BCUT2D eigenvalue weighted by Crippen LogP contribution is 2.23. The average molecular weight is 532 g/mol. The van der Waals surface area contributed by atoms with E-state index >= 15 is 0 Å². The smallest absolute Gasteiger partial charge is 0.221 e. The molecule has 1 atom stereocenters. The normalized spacial score (nSPS) is 16.2. The van der Waals surface area contributed by atoms with Crippen LogP contribution >= 0.6 is 24.0 Å². The van der Waals surface area contributed by atoms with Crippen LogP contribution in [0.3, 0.4) is 0 Å². The van der Waals surface area contributed by atoms with Crippen LogP contribution in [0.5, 0.6) is 5.75 Å². The van der Waals surface area contributed by atoms with Gasteiger partial charge in [-0.3, -0.25) is 4.79 Å². The molecule has 30 heavy (non-hydrogen) atoms. The third-order valence-electron chi connectivity index (χ3n) is 4.52. The first-order chi connectivity index (χ1) is 14.0. The van der Waals surface area contributed by atoms with Gasteiger partial charge in [0.15, 0.2) is 5.96 Å². The zero-order chi connectivity index (χ0) is 21.1. The van der Waals surface area contributed by atoms with E-state index in [4.69, 9.17) is 9.47 Å². The summed E-state index contributed by atoms with van der Waals surface area (Å²) < 4.78 is 11.7. The number of ether oxygens (including phenoxy) is 2. The molecule has 0 radical (unpaired) electrons. The average Bonchev–Trinajstić information content (AvgIpc) is 3.18. The molecule has 0 aromatic heterocycles. The maximum absolute atomic E-state index is 11.8. The summed E-state index contributed by atoms with van der Waals surface area (Å²) in [6, 6.07) is 6.33. The molecule has 0 aliphatic carbocycles. The van der Waals surface area contributed by atoms with E-state index in [0.717, 1.165) is 42.9 Å². The summed E-state index contributed by atoms with van der Waals surface area (Å²) in [4.78, 5) is 16.5. The van der Waals surface area contributed by atoms with Crippen molar-refractivity contribution in [2.45, 2.75) is 65.6 Å². The van der Waals surface area contributed by atoms with Gasteiger partial charge in [-0.1, -0.05) is 12.1 Å². The molecular weight excluding hydrogens is 495 g/mol. The Labute approximate surface area is 197 Å². The Bertz CT molecular complexity index is 676. The molecule has 1 saturated heterocycles. The van der Waals surface area contributed by atoms with Crippen molar-refractivity contribution in [2.24, 2.45) is 4.99 Å². The van der Waals surface area contributed by atoms with E-state index in [0.29, 0.717) is 32.1 Å². The monoisotopic (exact) mass is 532 g/mol. The Morgan fingerprint density at radius 1 is 1.33 bits per heavy atom. The van der Waals surface area contributed by atoms with E-state index in [1.165, 1.54) is 0 Å². The third kappa shape index (κ3) is 9.97. The number of nitrogens with zero attached hydrogens (tertiary/aromatic N) is 1.